The Kier molecular flexibility index (Phi) is 4.22. The Labute approximate surface area is 108 Å². The molecule has 0 aliphatic rings. The molecule has 0 amide bonds. The van der Waals surface area contributed by atoms with E-state index >= 15 is 0 Å². The van der Waals surface area contributed by atoms with Crippen LogP contribution >= 0.6 is 15.9 Å². The number of rotatable bonds is 5. The molecule has 0 aliphatic heterocycles. The van der Waals surface area contributed by atoms with Crippen LogP contribution in [0.15, 0.2) is 27.3 Å². The molecule has 0 saturated carbocycles. The van der Waals surface area contributed by atoms with E-state index in [4.69, 9.17) is 4.52 Å². The van der Waals surface area contributed by atoms with Crippen LogP contribution in [0.5, 0.6) is 0 Å². The highest BCUT2D eigenvalue weighted by Crippen LogP contribution is 2.22. The highest BCUT2D eigenvalue weighted by atomic mass is 79.9. The van der Waals surface area contributed by atoms with Crippen molar-refractivity contribution < 1.29 is 4.52 Å². The predicted molar refractivity (Wildman–Crippen MR) is 67.5 cm³/mol. The van der Waals surface area contributed by atoms with E-state index in [1.165, 1.54) is 0 Å². The molecule has 0 spiro atoms. The number of hydrogen-bond donors (Lipinski definition) is 1. The molecule has 0 unspecified atom stereocenters. The summed E-state index contributed by atoms with van der Waals surface area (Å²) in [5.41, 5.74) is 0.700. The van der Waals surface area contributed by atoms with Crippen molar-refractivity contribution in [2.45, 2.75) is 13.3 Å². The molecular weight excluding hydrogens is 284 g/mol. The molecule has 6 heteroatoms. The monoisotopic (exact) mass is 296 g/mol. The normalized spacial score (nSPS) is 10.7. The third-order valence-electron chi connectivity index (χ3n) is 2.20. The molecular formula is C11H13BrN4O. The summed E-state index contributed by atoms with van der Waals surface area (Å²) in [5, 5.41) is 7.12. The van der Waals surface area contributed by atoms with E-state index in [1.54, 1.807) is 6.20 Å². The largest absolute Gasteiger partial charge is 0.339 e. The summed E-state index contributed by atoms with van der Waals surface area (Å²) in [4.78, 5) is 8.51. The Morgan fingerprint density at radius 1 is 1.47 bits per heavy atom. The van der Waals surface area contributed by atoms with Gasteiger partial charge in [-0.05, 0) is 34.6 Å². The molecule has 2 rings (SSSR count). The van der Waals surface area contributed by atoms with E-state index in [0.29, 0.717) is 17.4 Å². The van der Waals surface area contributed by atoms with Crippen molar-refractivity contribution in [3.8, 4) is 11.5 Å². The standard InChI is InChI=1S/C11H13BrN4O/c1-2-13-7-5-9-15-11(16-17-9)10-8(12)4-3-6-14-10/h3-4,6,13H,2,5,7H2,1H3. The Morgan fingerprint density at radius 2 is 2.35 bits per heavy atom. The minimum Gasteiger partial charge on any atom is -0.339 e. The Bertz CT molecular complexity index is 486. The quantitative estimate of drug-likeness (QED) is 0.856. The van der Waals surface area contributed by atoms with E-state index in [2.05, 4.69) is 43.3 Å². The summed E-state index contributed by atoms with van der Waals surface area (Å²) in [6.45, 7) is 3.83. The van der Waals surface area contributed by atoms with Crippen molar-refractivity contribution in [1.29, 1.82) is 0 Å². The molecule has 0 aliphatic carbocycles. The van der Waals surface area contributed by atoms with Crippen LogP contribution in [0.4, 0.5) is 0 Å². The molecule has 2 aromatic rings. The number of aromatic nitrogens is 3. The maximum absolute atomic E-state index is 5.16. The smallest absolute Gasteiger partial charge is 0.228 e. The highest BCUT2D eigenvalue weighted by Gasteiger charge is 2.11. The lowest BCUT2D eigenvalue weighted by atomic mass is 10.3. The molecule has 0 atom stereocenters. The Hall–Kier alpha value is -1.27. The molecule has 1 N–H and O–H groups in total. The maximum Gasteiger partial charge on any atom is 0.228 e. The second-order valence-corrected chi connectivity index (χ2v) is 4.30. The SMILES string of the molecule is CCNCCc1nc(-c2ncccc2Br)no1. The van der Waals surface area contributed by atoms with Crippen LogP contribution < -0.4 is 5.32 Å². The average molecular weight is 297 g/mol. The van der Waals surface area contributed by atoms with Crippen molar-refractivity contribution in [2.75, 3.05) is 13.1 Å². The van der Waals surface area contributed by atoms with Crippen LogP contribution in [0.1, 0.15) is 12.8 Å². The molecule has 17 heavy (non-hydrogen) atoms. The van der Waals surface area contributed by atoms with Crippen molar-refractivity contribution in [1.82, 2.24) is 20.4 Å². The number of hydrogen-bond acceptors (Lipinski definition) is 5. The predicted octanol–water partition coefficient (Wildman–Crippen LogP) is 2.05. The van der Waals surface area contributed by atoms with Crippen LogP contribution in [0, 0.1) is 0 Å². The molecule has 0 saturated heterocycles. The van der Waals surface area contributed by atoms with Gasteiger partial charge < -0.3 is 9.84 Å². The van der Waals surface area contributed by atoms with Gasteiger partial charge in [-0.1, -0.05) is 12.1 Å². The summed E-state index contributed by atoms with van der Waals surface area (Å²) < 4.78 is 6.02. The average Bonchev–Trinajstić information content (AvgIpc) is 2.79. The van der Waals surface area contributed by atoms with Crippen LogP contribution in [0.2, 0.25) is 0 Å². The van der Waals surface area contributed by atoms with Gasteiger partial charge in [-0.2, -0.15) is 4.98 Å². The lowest BCUT2D eigenvalue weighted by Crippen LogP contribution is -2.16. The van der Waals surface area contributed by atoms with E-state index in [9.17, 15) is 0 Å². The van der Waals surface area contributed by atoms with Crippen molar-refractivity contribution in [3.05, 3.63) is 28.7 Å². The van der Waals surface area contributed by atoms with E-state index in [1.807, 2.05) is 12.1 Å². The van der Waals surface area contributed by atoms with E-state index in [-0.39, 0.29) is 0 Å². The fourth-order valence-electron chi connectivity index (χ4n) is 1.37. The van der Waals surface area contributed by atoms with Crippen LogP contribution in [0.25, 0.3) is 11.5 Å². The number of nitrogens with zero attached hydrogens (tertiary/aromatic N) is 3. The minimum atomic E-state index is 0.518. The van der Waals surface area contributed by atoms with E-state index in [0.717, 1.165) is 24.0 Å². The van der Waals surface area contributed by atoms with Crippen LogP contribution in [0.3, 0.4) is 0 Å². The number of nitrogens with one attached hydrogen (secondary N) is 1. The van der Waals surface area contributed by atoms with Crippen molar-refractivity contribution in [3.63, 3.8) is 0 Å². The van der Waals surface area contributed by atoms with Gasteiger partial charge in [-0.25, -0.2) is 0 Å². The second-order valence-electron chi connectivity index (χ2n) is 3.45. The van der Waals surface area contributed by atoms with Gasteiger partial charge in [-0.3, -0.25) is 4.98 Å². The van der Waals surface area contributed by atoms with Gasteiger partial charge in [0.15, 0.2) is 0 Å². The minimum absolute atomic E-state index is 0.518. The van der Waals surface area contributed by atoms with Gasteiger partial charge in [0.25, 0.3) is 0 Å². The zero-order valence-electron chi connectivity index (χ0n) is 9.48. The van der Waals surface area contributed by atoms with Gasteiger partial charge >= 0.3 is 0 Å². The summed E-state index contributed by atoms with van der Waals surface area (Å²) in [7, 11) is 0. The lowest BCUT2D eigenvalue weighted by molar-refractivity contribution is 0.376. The zero-order valence-corrected chi connectivity index (χ0v) is 11.1. The van der Waals surface area contributed by atoms with Gasteiger partial charge in [-0.15, -0.1) is 0 Å². The van der Waals surface area contributed by atoms with E-state index < -0.39 is 0 Å². The summed E-state index contributed by atoms with van der Waals surface area (Å²) in [5.74, 6) is 1.14. The molecule has 2 aromatic heterocycles. The Balaban J connectivity index is 2.10. The molecule has 0 fully saturated rings. The van der Waals surface area contributed by atoms with Gasteiger partial charge in [0.1, 0.15) is 5.69 Å². The summed E-state index contributed by atoms with van der Waals surface area (Å²) in [6, 6.07) is 3.75. The number of likely N-dealkylation sites (N-methyl/N-ethyl adjacent to an activating group) is 1. The molecule has 90 valence electrons. The molecule has 5 nitrogen and oxygen atoms in total. The summed E-state index contributed by atoms with van der Waals surface area (Å²) in [6.07, 6.45) is 2.43. The molecule has 0 bridgehead atoms. The lowest BCUT2D eigenvalue weighted by Gasteiger charge is -1.96. The summed E-state index contributed by atoms with van der Waals surface area (Å²) >= 11 is 3.41. The third-order valence-corrected chi connectivity index (χ3v) is 2.84. The zero-order chi connectivity index (χ0) is 12.1. The first-order chi connectivity index (χ1) is 8.31. The van der Waals surface area contributed by atoms with Crippen molar-refractivity contribution in [2.24, 2.45) is 0 Å². The topological polar surface area (TPSA) is 63.8 Å². The first-order valence-electron chi connectivity index (χ1n) is 5.45. The highest BCUT2D eigenvalue weighted by molar-refractivity contribution is 9.10. The van der Waals surface area contributed by atoms with Gasteiger partial charge in [0, 0.05) is 23.6 Å². The van der Waals surface area contributed by atoms with Gasteiger partial charge in [0.05, 0.1) is 0 Å². The fourth-order valence-corrected chi connectivity index (χ4v) is 1.81. The number of halogens is 1. The maximum atomic E-state index is 5.16. The first-order valence-corrected chi connectivity index (χ1v) is 6.24. The second kappa shape index (κ2) is 5.88. The molecule has 0 aromatic carbocycles. The Morgan fingerprint density at radius 3 is 3.12 bits per heavy atom. The van der Waals surface area contributed by atoms with Crippen LogP contribution in [-0.4, -0.2) is 28.2 Å². The van der Waals surface area contributed by atoms with Crippen LogP contribution in [-0.2, 0) is 6.42 Å². The van der Waals surface area contributed by atoms with Gasteiger partial charge in [0.2, 0.25) is 11.7 Å². The third kappa shape index (κ3) is 3.10. The molecule has 0 radical (unpaired) electrons. The first kappa shape index (κ1) is 12.2. The molecule has 2 heterocycles. The number of pyridine rings is 1. The van der Waals surface area contributed by atoms with Crippen molar-refractivity contribution >= 4 is 15.9 Å². The fraction of sp³-hybridized carbons (Fsp3) is 0.364.